The SMILES string of the molecule is Cc1c[nH]c2nccc(-c3c(-c4cccc(C(F)(F)F)c4)nn4c3CNCC4)c12. The minimum atomic E-state index is -4.40. The highest BCUT2D eigenvalue weighted by Gasteiger charge is 2.31. The molecule has 0 atom stereocenters. The van der Waals surface area contributed by atoms with E-state index in [9.17, 15) is 13.2 Å². The summed E-state index contributed by atoms with van der Waals surface area (Å²) in [4.78, 5) is 7.54. The third-order valence-electron chi connectivity index (χ3n) is 5.35. The first-order valence-electron chi connectivity index (χ1n) is 9.34. The first kappa shape index (κ1) is 17.9. The molecule has 1 aliphatic rings. The van der Waals surface area contributed by atoms with Crippen LogP contribution in [0.2, 0.25) is 0 Å². The zero-order valence-electron chi connectivity index (χ0n) is 15.6. The van der Waals surface area contributed by atoms with Gasteiger partial charge in [0.1, 0.15) is 11.3 Å². The second kappa shape index (κ2) is 6.45. The molecule has 4 aromatic rings. The molecule has 1 aromatic carbocycles. The number of aromatic amines is 1. The first-order chi connectivity index (χ1) is 13.9. The highest BCUT2D eigenvalue weighted by Crippen LogP contribution is 2.40. The van der Waals surface area contributed by atoms with Gasteiger partial charge in [0, 0.05) is 42.0 Å². The van der Waals surface area contributed by atoms with Gasteiger partial charge in [-0.15, -0.1) is 0 Å². The van der Waals surface area contributed by atoms with Gasteiger partial charge in [0.25, 0.3) is 0 Å². The van der Waals surface area contributed by atoms with Gasteiger partial charge in [0.05, 0.1) is 17.8 Å². The molecule has 8 heteroatoms. The normalized spacial score (nSPS) is 14.3. The van der Waals surface area contributed by atoms with Gasteiger partial charge in [-0.1, -0.05) is 12.1 Å². The van der Waals surface area contributed by atoms with Crippen molar-refractivity contribution in [1.29, 1.82) is 0 Å². The Hall–Kier alpha value is -3.13. The second-order valence-corrected chi connectivity index (χ2v) is 7.20. The van der Waals surface area contributed by atoms with Gasteiger partial charge >= 0.3 is 6.18 Å². The van der Waals surface area contributed by atoms with Crippen LogP contribution in [0.25, 0.3) is 33.4 Å². The largest absolute Gasteiger partial charge is 0.416 e. The summed E-state index contributed by atoms with van der Waals surface area (Å²) in [7, 11) is 0. The molecular formula is C21H18F3N5. The van der Waals surface area contributed by atoms with E-state index in [4.69, 9.17) is 5.10 Å². The van der Waals surface area contributed by atoms with Crippen LogP contribution in [0.1, 0.15) is 16.8 Å². The fourth-order valence-electron chi connectivity index (χ4n) is 4.01. The number of alkyl halides is 3. The molecule has 0 spiro atoms. The number of pyridine rings is 1. The number of benzene rings is 1. The van der Waals surface area contributed by atoms with Crippen LogP contribution in [0, 0.1) is 6.92 Å². The average Bonchev–Trinajstić information content (AvgIpc) is 3.28. The van der Waals surface area contributed by atoms with E-state index in [2.05, 4.69) is 15.3 Å². The molecule has 2 N–H and O–H groups in total. The maximum atomic E-state index is 13.3. The molecule has 4 heterocycles. The van der Waals surface area contributed by atoms with Gasteiger partial charge in [-0.3, -0.25) is 4.68 Å². The van der Waals surface area contributed by atoms with Crippen LogP contribution in [-0.2, 0) is 19.3 Å². The average molecular weight is 397 g/mol. The highest BCUT2D eigenvalue weighted by atomic mass is 19.4. The number of aryl methyl sites for hydroxylation is 1. The van der Waals surface area contributed by atoms with E-state index in [1.54, 1.807) is 12.3 Å². The standard InChI is InChI=1S/C21H18F3N5/c1-12-10-27-20-17(12)15(5-6-26-20)18-16-11-25-7-8-29(16)28-19(18)13-3-2-4-14(9-13)21(22,23)24/h2-6,9-10,25H,7-8,11H2,1H3,(H,26,27). The fourth-order valence-corrected chi connectivity index (χ4v) is 4.01. The fraction of sp³-hybridized carbons (Fsp3) is 0.238. The van der Waals surface area contributed by atoms with Crippen molar-refractivity contribution in [3.05, 3.63) is 59.5 Å². The molecule has 0 radical (unpaired) electrons. The monoisotopic (exact) mass is 397 g/mol. The number of hydrogen-bond donors (Lipinski definition) is 2. The third-order valence-corrected chi connectivity index (χ3v) is 5.35. The molecule has 1 aliphatic heterocycles. The molecule has 0 fully saturated rings. The van der Waals surface area contributed by atoms with Crippen molar-refractivity contribution >= 4 is 11.0 Å². The zero-order chi connectivity index (χ0) is 20.2. The van der Waals surface area contributed by atoms with Gasteiger partial charge in [-0.05, 0) is 36.2 Å². The van der Waals surface area contributed by atoms with E-state index in [1.165, 1.54) is 12.1 Å². The Morgan fingerprint density at radius 1 is 1.17 bits per heavy atom. The summed E-state index contributed by atoms with van der Waals surface area (Å²) in [5.74, 6) is 0. The van der Waals surface area contributed by atoms with E-state index >= 15 is 0 Å². The van der Waals surface area contributed by atoms with Crippen molar-refractivity contribution in [2.45, 2.75) is 26.2 Å². The molecule has 0 saturated carbocycles. The van der Waals surface area contributed by atoms with Crippen LogP contribution in [0.5, 0.6) is 0 Å². The maximum absolute atomic E-state index is 13.3. The zero-order valence-corrected chi connectivity index (χ0v) is 15.6. The lowest BCUT2D eigenvalue weighted by Crippen LogP contribution is -2.28. The predicted molar refractivity (Wildman–Crippen MR) is 104 cm³/mol. The van der Waals surface area contributed by atoms with Crippen LogP contribution in [-0.4, -0.2) is 26.3 Å². The summed E-state index contributed by atoms with van der Waals surface area (Å²) >= 11 is 0. The Morgan fingerprint density at radius 2 is 2.03 bits per heavy atom. The van der Waals surface area contributed by atoms with Crippen molar-refractivity contribution < 1.29 is 13.2 Å². The number of aromatic nitrogens is 4. The van der Waals surface area contributed by atoms with E-state index in [0.717, 1.165) is 46.0 Å². The number of nitrogens with zero attached hydrogens (tertiary/aromatic N) is 3. The number of rotatable bonds is 2. The van der Waals surface area contributed by atoms with Crippen LogP contribution >= 0.6 is 0 Å². The molecule has 0 saturated heterocycles. The lowest BCUT2D eigenvalue weighted by Gasteiger charge is -2.16. The van der Waals surface area contributed by atoms with Crippen molar-refractivity contribution in [1.82, 2.24) is 25.1 Å². The van der Waals surface area contributed by atoms with Crippen molar-refractivity contribution in [2.75, 3.05) is 6.54 Å². The summed E-state index contributed by atoms with van der Waals surface area (Å²) in [5.41, 5.74) is 4.86. The van der Waals surface area contributed by atoms with Gasteiger partial charge in [0.15, 0.2) is 0 Å². The molecule has 0 amide bonds. The molecule has 5 nitrogen and oxygen atoms in total. The lowest BCUT2D eigenvalue weighted by atomic mass is 9.95. The quantitative estimate of drug-likeness (QED) is 0.523. The Morgan fingerprint density at radius 3 is 2.86 bits per heavy atom. The van der Waals surface area contributed by atoms with Gasteiger partial charge in [0.2, 0.25) is 0 Å². The van der Waals surface area contributed by atoms with Gasteiger partial charge < -0.3 is 10.3 Å². The number of hydrogen-bond acceptors (Lipinski definition) is 3. The van der Waals surface area contributed by atoms with Gasteiger partial charge in [-0.2, -0.15) is 18.3 Å². The third kappa shape index (κ3) is 2.91. The number of fused-ring (bicyclic) bond motifs is 2. The summed E-state index contributed by atoms with van der Waals surface area (Å²) in [6, 6.07) is 7.28. The molecule has 0 unspecified atom stereocenters. The first-order valence-corrected chi connectivity index (χ1v) is 9.34. The molecule has 29 heavy (non-hydrogen) atoms. The maximum Gasteiger partial charge on any atom is 0.416 e. The summed E-state index contributed by atoms with van der Waals surface area (Å²) in [5, 5.41) is 9.02. The second-order valence-electron chi connectivity index (χ2n) is 7.20. The summed E-state index contributed by atoms with van der Waals surface area (Å²) in [6.07, 6.45) is -0.804. The van der Waals surface area contributed by atoms with Gasteiger partial charge in [-0.25, -0.2) is 4.98 Å². The van der Waals surface area contributed by atoms with Crippen LogP contribution < -0.4 is 5.32 Å². The Bertz CT molecular complexity index is 1220. The number of H-pyrrole nitrogens is 1. The van der Waals surface area contributed by atoms with Crippen molar-refractivity contribution in [3.8, 4) is 22.4 Å². The molecule has 0 bridgehead atoms. The van der Waals surface area contributed by atoms with Crippen molar-refractivity contribution in [2.24, 2.45) is 0 Å². The molecule has 0 aliphatic carbocycles. The summed E-state index contributed by atoms with van der Waals surface area (Å²) < 4.78 is 41.8. The lowest BCUT2D eigenvalue weighted by molar-refractivity contribution is -0.137. The Labute approximate surface area is 164 Å². The number of nitrogens with one attached hydrogen (secondary N) is 2. The topological polar surface area (TPSA) is 58.5 Å². The van der Waals surface area contributed by atoms with E-state index in [1.807, 2.05) is 23.9 Å². The van der Waals surface area contributed by atoms with Crippen LogP contribution in [0.3, 0.4) is 0 Å². The Kier molecular flexibility index (Phi) is 3.99. The molecule has 148 valence electrons. The Balaban J connectivity index is 1.80. The van der Waals surface area contributed by atoms with E-state index in [-0.39, 0.29) is 0 Å². The predicted octanol–water partition coefficient (Wildman–Crippen LogP) is 4.52. The highest BCUT2D eigenvalue weighted by molar-refractivity contribution is 5.99. The number of halogens is 3. The molecule has 3 aromatic heterocycles. The van der Waals surface area contributed by atoms with Crippen molar-refractivity contribution in [3.63, 3.8) is 0 Å². The van der Waals surface area contributed by atoms with E-state index < -0.39 is 11.7 Å². The minimum Gasteiger partial charge on any atom is -0.346 e. The molecule has 5 rings (SSSR count). The van der Waals surface area contributed by atoms with Crippen LogP contribution in [0.4, 0.5) is 13.2 Å². The molecular weight excluding hydrogens is 379 g/mol. The smallest absolute Gasteiger partial charge is 0.346 e. The van der Waals surface area contributed by atoms with Crippen LogP contribution in [0.15, 0.2) is 42.7 Å². The minimum absolute atomic E-state index is 0.454. The van der Waals surface area contributed by atoms with E-state index in [0.29, 0.717) is 24.3 Å². The summed E-state index contributed by atoms with van der Waals surface area (Å²) in [6.45, 7) is 4.03.